The number of aromatic nitrogens is 1. The van der Waals surface area contributed by atoms with Gasteiger partial charge in [0.25, 0.3) is 5.91 Å². The van der Waals surface area contributed by atoms with E-state index in [1.165, 1.54) is 42.2 Å². The van der Waals surface area contributed by atoms with Crippen molar-refractivity contribution in [1.82, 2.24) is 15.2 Å². The Labute approximate surface area is 310 Å². The predicted octanol–water partition coefficient (Wildman–Crippen LogP) is 5.16. The maximum Gasteiger partial charge on any atom is 0.369 e. The number of benzene rings is 3. The lowest BCUT2D eigenvalue weighted by Crippen LogP contribution is -2.86. The third-order valence-electron chi connectivity index (χ3n) is 9.74. The highest BCUT2D eigenvalue weighted by molar-refractivity contribution is 8.00. The van der Waals surface area contributed by atoms with Crippen LogP contribution in [-0.4, -0.2) is 88.1 Å². The van der Waals surface area contributed by atoms with E-state index in [0.29, 0.717) is 10.9 Å². The molecule has 0 saturated carbocycles. The maximum atomic E-state index is 13.9. The summed E-state index contributed by atoms with van der Waals surface area (Å²) in [5.41, 5.74) is -0.222. The monoisotopic (exact) mass is 743 g/mol. The summed E-state index contributed by atoms with van der Waals surface area (Å²) in [7, 11) is 2.83. The van der Waals surface area contributed by atoms with Crippen molar-refractivity contribution in [2.24, 2.45) is 10.6 Å². The number of nitrogens with zero attached hydrogens (tertiary/aromatic N) is 3. The molecule has 3 N–H and O–H groups in total. The van der Waals surface area contributed by atoms with Crippen LogP contribution in [0.25, 0.3) is 0 Å². The zero-order chi connectivity index (χ0) is 37.1. The highest BCUT2D eigenvalue weighted by Crippen LogP contribution is 2.52. The minimum absolute atomic E-state index is 0.125. The number of thiazole rings is 1. The zero-order valence-corrected chi connectivity index (χ0v) is 31.1. The molecule has 6 rings (SSSR count). The number of hydrogen-bond donors (Lipinski definition) is 3. The molecule has 3 heterocycles. The van der Waals surface area contributed by atoms with Gasteiger partial charge in [0.05, 0.1) is 17.9 Å². The van der Waals surface area contributed by atoms with Crippen molar-refractivity contribution in [3.05, 3.63) is 119 Å². The number of thioether (sulfide) groups is 1. The fourth-order valence-corrected chi connectivity index (χ4v) is 10.0. The number of carbonyl (C=O) groups is 3. The normalized spacial score (nSPS) is 21.8. The standard InChI is InChI=1S/C38H41N5O7S2/c1-36(2,3)38(34(46)50-47)29(21-48-4)51-23-28-31(33(45)43(28)38)40-32(44)30(42-49-5)27-22-52-35(39-27)41-37(24-15-9-6-10-16-24,25-17-11-7-12-18-25)26-19-13-8-14-20-26/h6-20,22,28-29,31,47H,21,23H2,1-5H3,(H,39,41)(H,40,44). The average Bonchev–Trinajstić information content (AvgIpc) is 3.63. The molecule has 272 valence electrons. The van der Waals surface area contributed by atoms with E-state index in [0.717, 1.165) is 16.7 Å². The van der Waals surface area contributed by atoms with Crippen LogP contribution in [0.4, 0.5) is 5.13 Å². The Hall–Kier alpha value is -4.76. The van der Waals surface area contributed by atoms with Crippen molar-refractivity contribution >= 4 is 51.7 Å². The van der Waals surface area contributed by atoms with Crippen LogP contribution in [0.1, 0.15) is 43.2 Å². The van der Waals surface area contributed by atoms with E-state index in [4.69, 9.17) is 14.6 Å². The van der Waals surface area contributed by atoms with E-state index < -0.39 is 51.6 Å². The highest BCUT2D eigenvalue weighted by atomic mass is 32.2. The molecule has 2 fully saturated rings. The lowest BCUT2D eigenvalue weighted by atomic mass is 9.66. The Bertz CT molecular complexity index is 1820. The average molecular weight is 744 g/mol. The van der Waals surface area contributed by atoms with E-state index >= 15 is 0 Å². The van der Waals surface area contributed by atoms with Gasteiger partial charge in [0.15, 0.2) is 16.4 Å². The summed E-state index contributed by atoms with van der Waals surface area (Å²) in [6.07, 6.45) is 0. The quantitative estimate of drug-likeness (QED) is 0.0584. The summed E-state index contributed by atoms with van der Waals surface area (Å²) < 4.78 is 5.42. The molecule has 0 bridgehead atoms. The van der Waals surface area contributed by atoms with Gasteiger partial charge in [-0.2, -0.15) is 17.0 Å². The van der Waals surface area contributed by atoms with Gasteiger partial charge in [0.2, 0.25) is 5.91 Å². The molecule has 14 heteroatoms. The van der Waals surface area contributed by atoms with Crippen LogP contribution in [0.5, 0.6) is 0 Å². The molecule has 2 amide bonds. The number of nitrogens with one attached hydrogen (secondary N) is 2. The van der Waals surface area contributed by atoms with Crippen LogP contribution in [0.15, 0.2) is 102 Å². The van der Waals surface area contributed by atoms with Crippen molar-refractivity contribution in [3.63, 3.8) is 0 Å². The third-order valence-corrected chi connectivity index (χ3v) is 11.9. The van der Waals surface area contributed by atoms with Crippen LogP contribution in [0.2, 0.25) is 0 Å². The number of hydrogen-bond acceptors (Lipinski definition) is 12. The SMILES string of the molecule is COCC1SCC2C(NC(=O)C(=NOC)c3csc(NC(c4ccccc4)(c4ccccc4)c4ccccc4)n3)C(=O)N2C1(C(=O)OO)C(C)(C)C. The maximum absolute atomic E-state index is 13.9. The van der Waals surface area contributed by atoms with Gasteiger partial charge in [-0.15, -0.1) is 11.3 Å². The van der Waals surface area contributed by atoms with E-state index in [-0.39, 0.29) is 18.0 Å². The Morgan fingerprint density at radius 1 is 0.962 bits per heavy atom. The Morgan fingerprint density at radius 3 is 2.00 bits per heavy atom. The fourth-order valence-electron chi connectivity index (χ4n) is 7.46. The van der Waals surface area contributed by atoms with Crippen LogP contribution in [0, 0.1) is 5.41 Å². The van der Waals surface area contributed by atoms with Gasteiger partial charge in [-0.25, -0.2) is 9.78 Å². The zero-order valence-electron chi connectivity index (χ0n) is 29.4. The van der Waals surface area contributed by atoms with Gasteiger partial charge in [0, 0.05) is 18.2 Å². The molecule has 52 heavy (non-hydrogen) atoms. The fraction of sp³-hybridized carbons (Fsp3) is 0.342. The van der Waals surface area contributed by atoms with Crippen LogP contribution in [-0.2, 0) is 34.4 Å². The molecule has 2 aliphatic rings. The molecular formula is C38H41N5O7S2. The van der Waals surface area contributed by atoms with Crippen molar-refractivity contribution in [1.29, 1.82) is 0 Å². The van der Waals surface area contributed by atoms with Crippen LogP contribution >= 0.6 is 23.1 Å². The summed E-state index contributed by atoms with van der Waals surface area (Å²) in [6.45, 7) is 5.53. The van der Waals surface area contributed by atoms with Gasteiger partial charge < -0.3 is 25.1 Å². The van der Waals surface area contributed by atoms with Gasteiger partial charge in [-0.1, -0.05) is 117 Å². The molecule has 4 aromatic rings. The van der Waals surface area contributed by atoms with Crippen molar-refractivity contribution in [2.45, 2.75) is 49.2 Å². The summed E-state index contributed by atoms with van der Waals surface area (Å²) in [6, 6.07) is 28.6. The molecule has 3 aromatic carbocycles. The molecule has 1 aromatic heterocycles. The molecule has 2 aliphatic heterocycles. The molecule has 12 nitrogen and oxygen atoms in total. The number of oxime groups is 1. The minimum atomic E-state index is -1.56. The lowest BCUT2D eigenvalue weighted by molar-refractivity contribution is -0.258. The molecule has 4 unspecified atom stereocenters. The number of amides is 2. The highest BCUT2D eigenvalue weighted by Gasteiger charge is 2.71. The molecule has 0 aliphatic carbocycles. The molecule has 0 radical (unpaired) electrons. The second-order valence-electron chi connectivity index (χ2n) is 13.5. The number of ether oxygens (including phenoxy) is 1. The van der Waals surface area contributed by atoms with Crippen LogP contribution in [0.3, 0.4) is 0 Å². The minimum Gasteiger partial charge on any atom is -0.398 e. The van der Waals surface area contributed by atoms with E-state index in [9.17, 15) is 19.6 Å². The number of rotatable bonds is 12. The molecule has 0 spiro atoms. The second-order valence-corrected chi connectivity index (χ2v) is 15.6. The molecule has 4 atom stereocenters. The smallest absolute Gasteiger partial charge is 0.369 e. The summed E-state index contributed by atoms with van der Waals surface area (Å²) in [5.74, 6) is -1.72. The lowest BCUT2D eigenvalue weighted by Gasteiger charge is -2.64. The largest absolute Gasteiger partial charge is 0.398 e. The first-order valence-electron chi connectivity index (χ1n) is 16.7. The topological polar surface area (TPSA) is 152 Å². The number of fused-ring (bicyclic) bond motifs is 1. The number of anilines is 1. The Kier molecular flexibility index (Phi) is 10.7. The first-order chi connectivity index (χ1) is 25.0. The predicted molar refractivity (Wildman–Crippen MR) is 200 cm³/mol. The van der Waals surface area contributed by atoms with Gasteiger partial charge in [-0.05, 0) is 22.1 Å². The van der Waals surface area contributed by atoms with Crippen molar-refractivity contribution < 1.29 is 34.1 Å². The second kappa shape index (κ2) is 15.1. The first-order valence-corrected chi connectivity index (χ1v) is 18.6. The number of β-lactam (4-membered cyclic amide) rings is 1. The van der Waals surface area contributed by atoms with E-state index in [2.05, 4.69) is 57.1 Å². The number of carbonyl (C=O) groups excluding carboxylic acids is 3. The van der Waals surface area contributed by atoms with Gasteiger partial charge >= 0.3 is 5.97 Å². The van der Waals surface area contributed by atoms with Crippen molar-refractivity contribution in [2.75, 3.05) is 31.9 Å². The molecular weight excluding hydrogens is 703 g/mol. The first kappa shape index (κ1) is 37.0. The number of methoxy groups -OCH3 is 1. The van der Waals surface area contributed by atoms with E-state index in [1.54, 1.807) is 26.2 Å². The van der Waals surface area contributed by atoms with Crippen LogP contribution < -0.4 is 10.6 Å². The summed E-state index contributed by atoms with van der Waals surface area (Å²) in [4.78, 5) is 56.9. The van der Waals surface area contributed by atoms with E-state index in [1.807, 2.05) is 54.6 Å². The third kappa shape index (κ3) is 6.23. The Balaban J connectivity index is 1.30. The summed E-state index contributed by atoms with van der Waals surface area (Å²) in [5, 5.41) is 21.8. The van der Waals surface area contributed by atoms with Crippen molar-refractivity contribution in [3.8, 4) is 0 Å². The van der Waals surface area contributed by atoms with Gasteiger partial charge in [-0.3, -0.25) is 14.5 Å². The molecule has 2 saturated heterocycles. The van der Waals surface area contributed by atoms with Gasteiger partial charge in [0.1, 0.15) is 24.4 Å². The summed E-state index contributed by atoms with van der Waals surface area (Å²) >= 11 is 2.72. The Morgan fingerprint density at radius 2 is 1.52 bits per heavy atom.